The molecule has 1 unspecified atom stereocenters. The highest BCUT2D eigenvalue weighted by Crippen LogP contribution is 2.40. The summed E-state index contributed by atoms with van der Waals surface area (Å²) in [5.74, 6) is -1.62. The third kappa shape index (κ3) is 6.14. The van der Waals surface area contributed by atoms with Gasteiger partial charge < -0.3 is 9.84 Å². The van der Waals surface area contributed by atoms with Crippen molar-refractivity contribution in [3.8, 4) is 5.75 Å². The van der Waals surface area contributed by atoms with Gasteiger partial charge in [0.15, 0.2) is 0 Å². The van der Waals surface area contributed by atoms with Crippen molar-refractivity contribution in [2.75, 3.05) is 5.75 Å². The molecule has 25 heavy (non-hydrogen) atoms. The molecule has 1 aliphatic rings. The van der Waals surface area contributed by atoms with Gasteiger partial charge in [-0.1, -0.05) is 28.0 Å². The van der Waals surface area contributed by atoms with Crippen molar-refractivity contribution in [3.63, 3.8) is 0 Å². The second kappa shape index (κ2) is 8.84. The lowest BCUT2D eigenvalue weighted by Crippen LogP contribution is -2.13. The number of rotatable bonds is 7. The Balaban J connectivity index is 1.92. The van der Waals surface area contributed by atoms with Crippen LogP contribution < -0.4 is 4.74 Å². The predicted octanol–water partition coefficient (Wildman–Crippen LogP) is 5.02. The molecular weight excluding hydrogens is 377 g/mol. The number of alkyl halides is 3. The smallest absolute Gasteiger partial charge is 0.416 e. The van der Waals surface area contributed by atoms with Gasteiger partial charge in [0.1, 0.15) is 11.3 Å². The Bertz CT molecular complexity index is 628. The summed E-state index contributed by atoms with van der Waals surface area (Å²) in [7, 11) is 3.67. The number of carboxylic acids is 1. The third-order valence-corrected chi connectivity index (χ3v) is 6.65. The lowest BCUT2D eigenvalue weighted by molar-refractivity contribution is -0.139. The first-order valence-corrected chi connectivity index (χ1v) is 10.1. The van der Waals surface area contributed by atoms with Gasteiger partial charge in [-0.2, -0.15) is 13.2 Å². The van der Waals surface area contributed by atoms with Gasteiger partial charge in [-0.15, -0.1) is 0 Å². The second-order valence-corrected chi connectivity index (χ2v) is 8.35. The molecule has 9 heteroatoms. The number of carbonyl (C=O) groups is 2. The first-order valence-electron chi connectivity index (χ1n) is 7.71. The van der Waals surface area contributed by atoms with Crippen LogP contribution in [0.1, 0.15) is 48.0 Å². The maximum absolute atomic E-state index is 12.7. The standard InChI is InChI=1S/C16H17F3O4S2/c17-16(18,19)10-5-6-12(15(21)22)13(9-10)23-14(20)4-2-1-3-11-7-8-24-25-11/h5-6,9,11H,1-4,7-8H2,(H,21,22). The van der Waals surface area contributed by atoms with Crippen LogP contribution in [-0.4, -0.2) is 28.0 Å². The van der Waals surface area contributed by atoms with E-state index in [0.717, 1.165) is 31.1 Å². The summed E-state index contributed by atoms with van der Waals surface area (Å²) in [6, 6.07) is 1.99. The SMILES string of the molecule is O=C(CCCCC1CCSS1)Oc1cc(C(F)(F)F)ccc1C(=O)O. The van der Waals surface area contributed by atoms with Gasteiger partial charge in [-0.25, -0.2) is 4.79 Å². The number of benzene rings is 1. The topological polar surface area (TPSA) is 63.6 Å². The number of ether oxygens (including phenoxy) is 1. The molecular formula is C16H17F3O4S2. The van der Waals surface area contributed by atoms with E-state index >= 15 is 0 Å². The van der Waals surface area contributed by atoms with Crippen LogP contribution >= 0.6 is 21.6 Å². The molecule has 0 radical (unpaired) electrons. The molecule has 1 saturated heterocycles. The molecule has 1 aliphatic heterocycles. The number of carboxylic acid groups (broad SMARTS) is 1. The van der Waals surface area contributed by atoms with Gasteiger partial charge in [0, 0.05) is 17.4 Å². The fourth-order valence-electron chi connectivity index (χ4n) is 2.34. The average Bonchev–Trinajstić information content (AvgIpc) is 3.03. The number of carbonyl (C=O) groups excluding carboxylic acids is 1. The third-order valence-electron chi connectivity index (χ3n) is 3.65. The van der Waals surface area contributed by atoms with Crippen LogP contribution in [-0.2, 0) is 11.0 Å². The number of esters is 1. The van der Waals surface area contributed by atoms with Crippen LogP contribution in [0.2, 0.25) is 0 Å². The Labute approximate surface area is 150 Å². The van der Waals surface area contributed by atoms with Crippen molar-refractivity contribution in [1.29, 1.82) is 0 Å². The Kier molecular flexibility index (Phi) is 7.06. The Morgan fingerprint density at radius 2 is 2.04 bits per heavy atom. The Morgan fingerprint density at radius 3 is 2.64 bits per heavy atom. The van der Waals surface area contributed by atoms with E-state index in [1.807, 2.05) is 21.6 Å². The lowest BCUT2D eigenvalue weighted by atomic mass is 10.1. The number of hydrogen-bond donors (Lipinski definition) is 1. The van der Waals surface area contributed by atoms with Crippen molar-refractivity contribution >= 4 is 33.5 Å². The maximum Gasteiger partial charge on any atom is 0.416 e. The summed E-state index contributed by atoms with van der Waals surface area (Å²) in [6.45, 7) is 0. The van der Waals surface area contributed by atoms with Crippen LogP contribution in [0.15, 0.2) is 18.2 Å². The fraction of sp³-hybridized carbons (Fsp3) is 0.500. The minimum absolute atomic E-state index is 0.0415. The van der Waals surface area contributed by atoms with Crippen LogP contribution in [0.3, 0.4) is 0 Å². The molecule has 138 valence electrons. The Hall–Kier alpha value is -1.35. The largest absolute Gasteiger partial charge is 0.478 e. The van der Waals surface area contributed by atoms with Crippen LogP contribution in [0.5, 0.6) is 5.75 Å². The number of halogens is 3. The first-order chi connectivity index (χ1) is 11.8. The minimum Gasteiger partial charge on any atom is -0.478 e. The van der Waals surface area contributed by atoms with Gasteiger partial charge >= 0.3 is 18.1 Å². The molecule has 2 rings (SSSR count). The quantitative estimate of drug-likeness (QED) is 0.303. The van der Waals surface area contributed by atoms with Crippen molar-refractivity contribution < 1.29 is 32.6 Å². The molecule has 1 N–H and O–H groups in total. The maximum atomic E-state index is 12.7. The van der Waals surface area contributed by atoms with Gasteiger partial charge in [0.25, 0.3) is 0 Å². The number of unbranched alkanes of at least 4 members (excludes halogenated alkanes) is 1. The van der Waals surface area contributed by atoms with E-state index in [1.54, 1.807) is 0 Å². The van der Waals surface area contributed by atoms with Gasteiger partial charge in [0.05, 0.1) is 5.56 Å². The molecule has 1 aromatic carbocycles. The lowest BCUT2D eigenvalue weighted by Gasteiger charge is -2.12. The van der Waals surface area contributed by atoms with Gasteiger partial charge in [-0.3, -0.25) is 4.79 Å². The molecule has 1 fully saturated rings. The van der Waals surface area contributed by atoms with E-state index < -0.39 is 35.0 Å². The average molecular weight is 394 g/mol. The van der Waals surface area contributed by atoms with Gasteiger partial charge in [0.2, 0.25) is 0 Å². The summed E-state index contributed by atoms with van der Waals surface area (Å²) < 4.78 is 43.1. The van der Waals surface area contributed by atoms with E-state index in [4.69, 9.17) is 9.84 Å². The molecule has 1 heterocycles. The van der Waals surface area contributed by atoms with Crippen molar-refractivity contribution in [2.45, 2.75) is 43.5 Å². The first kappa shape index (κ1) is 20.0. The predicted molar refractivity (Wildman–Crippen MR) is 91.0 cm³/mol. The van der Waals surface area contributed by atoms with Crippen LogP contribution in [0.25, 0.3) is 0 Å². The number of aromatic carboxylic acids is 1. The molecule has 0 amide bonds. The molecule has 0 bridgehead atoms. The normalized spacial score (nSPS) is 17.5. The summed E-state index contributed by atoms with van der Waals surface area (Å²) >= 11 is 0. The van der Waals surface area contributed by atoms with E-state index in [0.29, 0.717) is 23.8 Å². The van der Waals surface area contributed by atoms with Crippen molar-refractivity contribution in [2.24, 2.45) is 0 Å². The molecule has 1 atom stereocenters. The molecule has 4 nitrogen and oxygen atoms in total. The highest BCUT2D eigenvalue weighted by Gasteiger charge is 2.32. The Morgan fingerprint density at radius 1 is 1.28 bits per heavy atom. The van der Waals surface area contributed by atoms with Gasteiger partial charge in [-0.05, 0) is 37.5 Å². The summed E-state index contributed by atoms with van der Waals surface area (Å²) in [4.78, 5) is 22.9. The zero-order valence-electron chi connectivity index (χ0n) is 13.2. The van der Waals surface area contributed by atoms with Crippen LogP contribution in [0.4, 0.5) is 13.2 Å². The van der Waals surface area contributed by atoms with Crippen LogP contribution in [0, 0.1) is 0 Å². The fourth-order valence-corrected chi connectivity index (χ4v) is 5.37. The van der Waals surface area contributed by atoms with E-state index in [1.165, 1.54) is 0 Å². The minimum atomic E-state index is -4.64. The summed E-state index contributed by atoms with van der Waals surface area (Å²) in [5, 5.41) is 9.62. The monoisotopic (exact) mass is 394 g/mol. The molecule has 0 saturated carbocycles. The van der Waals surface area contributed by atoms with E-state index in [-0.39, 0.29) is 6.42 Å². The van der Waals surface area contributed by atoms with Crippen molar-refractivity contribution in [3.05, 3.63) is 29.3 Å². The summed E-state index contributed by atoms with van der Waals surface area (Å²) in [5.41, 5.74) is -1.53. The highest BCUT2D eigenvalue weighted by atomic mass is 33.1. The highest BCUT2D eigenvalue weighted by molar-refractivity contribution is 8.77. The van der Waals surface area contributed by atoms with E-state index in [9.17, 15) is 22.8 Å². The van der Waals surface area contributed by atoms with Crippen molar-refractivity contribution in [1.82, 2.24) is 0 Å². The van der Waals surface area contributed by atoms with E-state index in [2.05, 4.69) is 0 Å². The zero-order valence-corrected chi connectivity index (χ0v) is 14.8. The molecule has 1 aromatic rings. The second-order valence-electron chi connectivity index (χ2n) is 5.56. The molecule has 0 aliphatic carbocycles. The summed E-state index contributed by atoms with van der Waals surface area (Å²) in [6.07, 6.45) is -1.10. The molecule has 0 spiro atoms. The number of hydrogen-bond acceptors (Lipinski definition) is 5. The zero-order chi connectivity index (χ0) is 18.4. The molecule has 0 aromatic heterocycles.